The SMILES string of the molecule is O=c1occcc1OCc1ccccc1. The van der Waals surface area contributed by atoms with Crippen LogP contribution in [-0.4, -0.2) is 0 Å². The van der Waals surface area contributed by atoms with E-state index in [1.807, 2.05) is 30.3 Å². The first-order valence-electron chi connectivity index (χ1n) is 4.61. The fourth-order valence-corrected chi connectivity index (χ4v) is 1.20. The average Bonchev–Trinajstić information content (AvgIpc) is 2.29. The third kappa shape index (κ3) is 2.47. The van der Waals surface area contributed by atoms with Crippen LogP contribution in [0.2, 0.25) is 0 Å². The summed E-state index contributed by atoms with van der Waals surface area (Å²) in [5.74, 6) is 0.237. The van der Waals surface area contributed by atoms with E-state index in [1.165, 1.54) is 6.26 Å². The van der Waals surface area contributed by atoms with Crippen LogP contribution >= 0.6 is 0 Å². The smallest absolute Gasteiger partial charge is 0.378 e. The summed E-state index contributed by atoms with van der Waals surface area (Å²) in [6, 6.07) is 12.9. The van der Waals surface area contributed by atoms with Gasteiger partial charge in [-0.3, -0.25) is 0 Å². The molecule has 0 bridgehead atoms. The first-order chi connectivity index (χ1) is 7.36. The highest BCUT2D eigenvalue weighted by Gasteiger charge is 2.00. The second kappa shape index (κ2) is 4.46. The predicted molar refractivity (Wildman–Crippen MR) is 55.8 cm³/mol. The lowest BCUT2D eigenvalue weighted by Gasteiger charge is -2.03. The molecule has 0 radical (unpaired) electrons. The van der Waals surface area contributed by atoms with E-state index in [0.29, 0.717) is 6.61 Å². The largest absolute Gasteiger partial charge is 0.482 e. The highest BCUT2D eigenvalue weighted by Crippen LogP contribution is 2.06. The first-order valence-corrected chi connectivity index (χ1v) is 4.61. The van der Waals surface area contributed by atoms with Crippen LogP contribution in [0.1, 0.15) is 5.56 Å². The minimum atomic E-state index is -0.451. The highest BCUT2D eigenvalue weighted by atomic mass is 16.5. The van der Waals surface area contributed by atoms with E-state index in [-0.39, 0.29) is 5.75 Å². The van der Waals surface area contributed by atoms with Crippen molar-refractivity contribution in [3.8, 4) is 5.75 Å². The molecule has 0 aliphatic rings. The molecule has 2 aromatic rings. The lowest BCUT2D eigenvalue weighted by Crippen LogP contribution is -2.05. The molecule has 76 valence electrons. The van der Waals surface area contributed by atoms with Crippen molar-refractivity contribution < 1.29 is 9.15 Å². The molecule has 0 N–H and O–H groups in total. The summed E-state index contributed by atoms with van der Waals surface area (Å²) in [6.07, 6.45) is 1.33. The Labute approximate surface area is 86.9 Å². The number of hydrogen-bond acceptors (Lipinski definition) is 3. The maximum absolute atomic E-state index is 11.1. The van der Waals surface area contributed by atoms with Gasteiger partial charge < -0.3 is 9.15 Å². The van der Waals surface area contributed by atoms with Crippen molar-refractivity contribution in [3.63, 3.8) is 0 Å². The van der Waals surface area contributed by atoms with Gasteiger partial charge in [0, 0.05) is 0 Å². The summed E-state index contributed by atoms with van der Waals surface area (Å²) in [5, 5.41) is 0. The highest BCUT2D eigenvalue weighted by molar-refractivity contribution is 5.17. The summed E-state index contributed by atoms with van der Waals surface area (Å²) in [6.45, 7) is 0.371. The fourth-order valence-electron chi connectivity index (χ4n) is 1.20. The second-order valence-corrected chi connectivity index (χ2v) is 3.04. The van der Waals surface area contributed by atoms with Gasteiger partial charge in [-0.2, -0.15) is 0 Å². The molecule has 0 fully saturated rings. The van der Waals surface area contributed by atoms with Crippen LogP contribution < -0.4 is 10.4 Å². The molecule has 0 atom stereocenters. The van der Waals surface area contributed by atoms with Gasteiger partial charge in [-0.05, 0) is 17.7 Å². The Balaban J connectivity index is 2.06. The van der Waals surface area contributed by atoms with E-state index in [4.69, 9.17) is 4.74 Å². The molecule has 1 aromatic carbocycles. The normalized spacial score (nSPS) is 9.87. The number of rotatable bonds is 3. The molecule has 0 unspecified atom stereocenters. The van der Waals surface area contributed by atoms with Crippen LogP contribution in [0.4, 0.5) is 0 Å². The molecule has 1 aromatic heterocycles. The maximum Gasteiger partial charge on any atom is 0.378 e. The molecular formula is C12H10O3. The topological polar surface area (TPSA) is 39.4 Å². The van der Waals surface area contributed by atoms with Crippen molar-refractivity contribution in [2.24, 2.45) is 0 Å². The van der Waals surface area contributed by atoms with Gasteiger partial charge in [-0.25, -0.2) is 4.79 Å². The molecule has 0 amide bonds. The summed E-state index contributed by atoms with van der Waals surface area (Å²) in [4.78, 5) is 11.1. The van der Waals surface area contributed by atoms with Gasteiger partial charge in [0.25, 0.3) is 0 Å². The lowest BCUT2D eigenvalue weighted by atomic mass is 10.2. The quantitative estimate of drug-likeness (QED) is 0.766. The Hall–Kier alpha value is -2.03. The van der Waals surface area contributed by atoms with Gasteiger partial charge >= 0.3 is 5.63 Å². The van der Waals surface area contributed by atoms with E-state index in [1.54, 1.807) is 12.1 Å². The Kier molecular flexibility index (Phi) is 2.83. The summed E-state index contributed by atoms with van der Waals surface area (Å²) < 4.78 is 9.98. The van der Waals surface area contributed by atoms with Gasteiger partial charge in [0.05, 0.1) is 6.26 Å². The van der Waals surface area contributed by atoms with Gasteiger partial charge in [-0.1, -0.05) is 30.3 Å². The van der Waals surface area contributed by atoms with Crippen molar-refractivity contribution >= 4 is 0 Å². The Morgan fingerprint density at radius 1 is 1.07 bits per heavy atom. The lowest BCUT2D eigenvalue weighted by molar-refractivity contribution is 0.287. The Bertz CT molecular complexity index is 473. The molecule has 3 nitrogen and oxygen atoms in total. The van der Waals surface area contributed by atoms with Crippen LogP contribution in [0.25, 0.3) is 0 Å². The first kappa shape index (κ1) is 9.52. The third-order valence-electron chi connectivity index (χ3n) is 1.94. The van der Waals surface area contributed by atoms with Crippen molar-refractivity contribution in [2.45, 2.75) is 6.61 Å². The van der Waals surface area contributed by atoms with Crippen LogP contribution in [-0.2, 0) is 6.61 Å². The van der Waals surface area contributed by atoms with Crippen LogP contribution in [0.15, 0.2) is 57.9 Å². The van der Waals surface area contributed by atoms with E-state index < -0.39 is 5.63 Å². The number of hydrogen-bond donors (Lipinski definition) is 0. The van der Waals surface area contributed by atoms with E-state index in [0.717, 1.165) is 5.56 Å². The summed E-state index contributed by atoms with van der Waals surface area (Å²) in [5.41, 5.74) is 0.564. The Morgan fingerprint density at radius 2 is 1.87 bits per heavy atom. The molecular weight excluding hydrogens is 192 g/mol. The minimum Gasteiger partial charge on any atom is -0.482 e. The van der Waals surface area contributed by atoms with Crippen molar-refractivity contribution in [3.05, 3.63) is 64.7 Å². The van der Waals surface area contributed by atoms with E-state index >= 15 is 0 Å². The zero-order valence-electron chi connectivity index (χ0n) is 8.05. The number of ether oxygens (including phenoxy) is 1. The van der Waals surface area contributed by atoms with Gasteiger partial charge in [0.2, 0.25) is 5.75 Å². The molecule has 2 rings (SSSR count). The van der Waals surface area contributed by atoms with Crippen LogP contribution in [0.3, 0.4) is 0 Å². The van der Waals surface area contributed by atoms with Crippen LogP contribution in [0.5, 0.6) is 5.75 Å². The molecule has 0 aliphatic heterocycles. The molecule has 1 heterocycles. The van der Waals surface area contributed by atoms with Crippen molar-refractivity contribution in [1.82, 2.24) is 0 Å². The van der Waals surface area contributed by atoms with E-state index in [9.17, 15) is 4.79 Å². The summed E-state index contributed by atoms with van der Waals surface area (Å²) >= 11 is 0. The molecule has 3 heteroatoms. The summed E-state index contributed by atoms with van der Waals surface area (Å²) in [7, 11) is 0. The maximum atomic E-state index is 11.1. The molecule has 15 heavy (non-hydrogen) atoms. The van der Waals surface area contributed by atoms with Gasteiger partial charge in [-0.15, -0.1) is 0 Å². The zero-order valence-corrected chi connectivity index (χ0v) is 8.05. The predicted octanol–water partition coefficient (Wildman–Crippen LogP) is 2.22. The minimum absolute atomic E-state index is 0.237. The second-order valence-electron chi connectivity index (χ2n) is 3.04. The zero-order chi connectivity index (χ0) is 10.5. The third-order valence-corrected chi connectivity index (χ3v) is 1.94. The Morgan fingerprint density at radius 3 is 2.60 bits per heavy atom. The average molecular weight is 202 g/mol. The van der Waals surface area contributed by atoms with Crippen molar-refractivity contribution in [2.75, 3.05) is 0 Å². The van der Waals surface area contributed by atoms with Crippen LogP contribution in [0, 0.1) is 0 Å². The molecule has 0 saturated carbocycles. The monoisotopic (exact) mass is 202 g/mol. The van der Waals surface area contributed by atoms with Crippen molar-refractivity contribution in [1.29, 1.82) is 0 Å². The molecule has 0 aliphatic carbocycles. The fraction of sp³-hybridized carbons (Fsp3) is 0.0833. The number of benzene rings is 1. The van der Waals surface area contributed by atoms with Gasteiger partial charge in [0.15, 0.2) is 0 Å². The van der Waals surface area contributed by atoms with Gasteiger partial charge in [0.1, 0.15) is 6.61 Å². The molecule has 0 spiro atoms. The van der Waals surface area contributed by atoms with E-state index in [2.05, 4.69) is 4.42 Å². The standard InChI is InChI=1S/C12H10O3/c13-12-11(7-4-8-14-12)15-9-10-5-2-1-3-6-10/h1-8H,9H2. The molecule has 0 saturated heterocycles.